The molecule has 29 heavy (non-hydrogen) atoms. The van der Waals surface area contributed by atoms with Crippen LogP contribution in [0.1, 0.15) is 51.2 Å². The Bertz CT molecular complexity index is 871. The fourth-order valence-electron chi connectivity index (χ4n) is 3.53. The van der Waals surface area contributed by atoms with E-state index in [9.17, 15) is 14.4 Å². The molecule has 0 aromatic heterocycles. The van der Waals surface area contributed by atoms with E-state index in [4.69, 9.17) is 0 Å². The molecule has 0 bridgehead atoms. The van der Waals surface area contributed by atoms with Gasteiger partial charge in [0.2, 0.25) is 5.91 Å². The number of rotatable bonds is 8. The van der Waals surface area contributed by atoms with E-state index >= 15 is 0 Å². The van der Waals surface area contributed by atoms with Crippen LogP contribution < -0.4 is 5.32 Å². The molecule has 1 N–H and O–H groups in total. The average molecular weight is 393 g/mol. The smallest absolute Gasteiger partial charge is 0.261 e. The van der Waals surface area contributed by atoms with E-state index in [1.165, 1.54) is 5.56 Å². The van der Waals surface area contributed by atoms with Crippen LogP contribution in [0.25, 0.3) is 0 Å². The van der Waals surface area contributed by atoms with Crippen molar-refractivity contribution in [2.75, 3.05) is 27.2 Å². The molecule has 1 atom stereocenters. The minimum Gasteiger partial charge on any atom is -0.354 e. The largest absolute Gasteiger partial charge is 0.354 e. The fraction of sp³-hybridized carbons (Fsp3) is 0.348. The summed E-state index contributed by atoms with van der Waals surface area (Å²) < 4.78 is 0. The third kappa shape index (κ3) is 4.54. The molecule has 0 aliphatic carbocycles. The number of nitrogens with one attached hydrogen (secondary N) is 1. The Hall–Kier alpha value is -2.99. The van der Waals surface area contributed by atoms with Gasteiger partial charge in [0.1, 0.15) is 0 Å². The monoisotopic (exact) mass is 393 g/mol. The van der Waals surface area contributed by atoms with Gasteiger partial charge in [-0.25, -0.2) is 0 Å². The maximum Gasteiger partial charge on any atom is 0.261 e. The molecule has 0 radical (unpaired) electrons. The van der Waals surface area contributed by atoms with Crippen molar-refractivity contribution >= 4 is 17.7 Å². The Morgan fingerprint density at radius 1 is 1.00 bits per heavy atom. The van der Waals surface area contributed by atoms with Crippen LogP contribution in [0.2, 0.25) is 0 Å². The number of nitrogens with zero attached hydrogens (tertiary/aromatic N) is 2. The number of hydrogen-bond donors (Lipinski definition) is 1. The summed E-state index contributed by atoms with van der Waals surface area (Å²) in [5.74, 6) is -0.847. The van der Waals surface area contributed by atoms with Gasteiger partial charge in [-0.05, 0) is 43.8 Å². The maximum atomic E-state index is 12.4. The lowest BCUT2D eigenvalue weighted by Crippen LogP contribution is -2.37. The molecule has 6 nitrogen and oxygen atoms in total. The van der Waals surface area contributed by atoms with Gasteiger partial charge in [-0.1, -0.05) is 43.3 Å². The number of aryl methyl sites for hydroxylation is 1. The van der Waals surface area contributed by atoms with E-state index in [0.29, 0.717) is 17.7 Å². The average Bonchev–Trinajstić information content (AvgIpc) is 2.97. The zero-order valence-corrected chi connectivity index (χ0v) is 17.1. The molecule has 1 aliphatic heterocycles. The number of imide groups is 1. The minimum atomic E-state index is -0.333. The van der Waals surface area contributed by atoms with Gasteiger partial charge in [0.05, 0.1) is 17.2 Å². The van der Waals surface area contributed by atoms with Crippen molar-refractivity contribution < 1.29 is 14.4 Å². The van der Waals surface area contributed by atoms with Gasteiger partial charge in [-0.2, -0.15) is 0 Å². The molecule has 2 aromatic carbocycles. The van der Waals surface area contributed by atoms with Gasteiger partial charge in [-0.15, -0.1) is 0 Å². The molecule has 1 unspecified atom stereocenters. The van der Waals surface area contributed by atoms with Crippen LogP contribution in [0.4, 0.5) is 0 Å². The minimum absolute atomic E-state index is 0.0455. The normalized spacial score (nSPS) is 14.3. The molecule has 1 aliphatic rings. The van der Waals surface area contributed by atoms with E-state index in [0.717, 1.165) is 16.9 Å². The van der Waals surface area contributed by atoms with Crippen molar-refractivity contribution in [1.82, 2.24) is 15.1 Å². The van der Waals surface area contributed by atoms with Gasteiger partial charge < -0.3 is 10.2 Å². The van der Waals surface area contributed by atoms with Crippen LogP contribution in [0, 0.1) is 0 Å². The number of carbonyl (C=O) groups excluding carboxylic acids is 3. The van der Waals surface area contributed by atoms with E-state index in [1.54, 1.807) is 24.3 Å². The molecule has 0 saturated heterocycles. The first-order valence-corrected chi connectivity index (χ1v) is 9.89. The molecule has 3 amide bonds. The predicted molar refractivity (Wildman–Crippen MR) is 112 cm³/mol. The first kappa shape index (κ1) is 20.7. The quantitative estimate of drug-likeness (QED) is 0.700. The molecule has 6 heteroatoms. The standard InChI is InChI=1S/C23H27N3O3/c1-4-16-9-11-17(12-10-16)20(25(2)3)15-24-21(27)13-14-26-22(28)18-7-5-6-8-19(18)23(26)29/h5-12,20H,4,13-15H2,1-3H3,(H,24,27). The third-order valence-corrected chi connectivity index (χ3v) is 5.33. The van der Waals surface area contributed by atoms with Crippen molar-refractivity contribution in [3.63, 3.8) is 0 Å². The topological polar surface area (TPSA) is 69.7 Å². The Morgan fingerprint density at radius 2 is 1.59 bits per heavy atom. The highest BCUT2D eigenvalue weighted by Crippen LogP contribution is 2.22. The number of fused-ring (bicyclic) bond motifs is 1. The lowest BCUT2D eigenvalue weighted by atomic mass is 10.0. The van der Waals surface area contributed by atoms with Crippen LogP contribution in [-0.4, -0.2) is 54.7 Å². The second-order valence-corrected chi connectivity index (χ2v) is 7.44. The van der Waals surface area contributed by atoms with Crippen molar-refractivity contribution in [2.45, 2.75) is 25.8 Å². The molecular weight excluding hydrogens is 366 g/mol. The van der Waals surface area contributed by atoms with E-state index in [2.05, 4.69) is 41.4 Å². The second kappa shape index (κ2) is 9.01. The molecule has 0 saturated carbocycles. The Kier molecular flexibility index (Phi) is 6.44. The summed E-state index contributed by atoms with van der Waals surface area (Å²) in [6, 6.07) is 15.2. The highest BCUT2D eigenvalue weighted by molar-refractivity contribution is 6.21. The third-order valence-electron chi connectivity index (χ3n) is 5.33. The van der Waals surface area contributed by atoms with Gasteiger partial charge in [-0.3, -0.25) is 19.3 Å². The van der Waals surface area contributed by atoms with Gasteiger partial charge in [0.15, 0.2) is 0 Å². The number of hydrogen-bond acceptors (Lipinski definition) is 4. The zero-order chi connectivity index (χ0) is 21.0. The SMILES string of the molecule is CCc1ccc(C(CNC(=O)CCN2C(=O)c3ccccc3C2=O)N(C)C)cc1. The number of likely N-dealkylation sites (N-methyl/N-ethyl adjacent to an activating group) is 1. The molecule has 0 fully saturated rings. The summed E-state index contributed by atoms with van der Waals surface area (Å²) >= 11 is 0. The van der Waals surface area contributed by atoms with Crippen LogP contribution in [0.15, 0.2) is 48.5 Å². The maximum absolute atomic E-state index is 12.4. The van der Waals surface area contributed by atoms with Crippen LogP contribution in [0.3, 0.4) is 0 Å². The molecular formula is C23H27N3O3. The lowest BCUT2D eigenvalue weighted by Gasteiger charge is -2.25. The fourth-order valence-corrected chi connectivity index (χ4v) is 3.53. The van der Waals surface area contributed by atoms with E-state index in [-0.39, 0.29) is 36.7 Å². The van der Waals surface area contributed by atoms with Crippen LogP contribution in [-0.2, 0) is 11.2 Å². The molecule has 2 aromatic rings. The zero-order valence-electron chi connectivity index (χ0n) is 17.1. The second-order valence-electron chi connectivity index (χ2n) is 7.44. The van der Waals surface area contributed by atoms with Crippen molar-refractivity contribution in [3.8, 4) is 0 Å². The molecule has 1 heterocycles. The lowest BCUT2D eigenvalue weighted by molar-refractivity contribution is -0.121. The Morgan fingerprint density at radius 3 is 2.10 bits per heavy atom. The highest BCUT2D eigenvalue weighted by atomic mass is 16.2. The number of benzene rings is 2. The van der Waals surface area contributed by atoms with Crippen LogP contribution in [0.5, 0.6) is 0 Å². The van der Waals surface area contributed by atoms with Crippen molar-refractivity contribution in [1.29, 1.82) is 0 Å². The summed E-state index contributed by atoms with van der Waals surface area (Å²) in [7, 11) is 3.95. The summed E-state index contributed by atoms with van der Waals surface area (Å²) in [6.45, 7) is 2.66. The Labute approximate surface area is 171 Å². The number of carbonyl (C=O) groups is 3. The summed E-state index contributed by atoms with van der Waals surface area (Å²) in [6.07, 6.45) is 1.07. The predicted octanol–water partition coefficient (Wildman–Crippen LogP) is 2.65. The molecule has 3 rings (SSSR count). The van der Waals surface area contributed by atoms with Gasteiger partial charge in [0, 0.05) is 19.5 Å². The summed E-state index contributed by atoms with van der Waals surface area (Å²) in [4.78, 5) is 40.3. The number of amides is 3. The molecule has 0 spiro atoms. The van der Waals surface area contributed by atoms with E-state index < -0.39 is 0 Å². The van der Waals surface area contributed by atoms with Crippen LogP contribution >= 0.6 is 0 Å². The van der Waals surface area contributed by atoms with Gasteiger partial charge >= 0.3 is 0 Å². The summed E-state index contributed by atoms with van der Waals surface area (Å²) in [5.41, 5.74) is 3.21. The first-order chi connectivity index (χ1) is 13.9. The molecule has 152 valence electrons. The first-order valence-electron chi connectivity index (χ1n) is 9.89. The van der Waals surface area contributed by atoms with Crippen molar-refractivity contribution in [3.05, 3.63) is 70.8 Å². The Balaban J connectivity index is 1.55. The van der Waals surface area contributed by atoms with E-state index in [1.807, 2.05) is 14.1 Å². The summed E-state index contributed by atoms with van der Waals surface area (Å²) in [5, 5.41) is 2.94. The van der Waals surface area contributed by atoms with Crippen molar-refractivity contribution in [2.24, 2.45) is 0 Å². The highest BCUT2D eigenvalue weighted by Gasteiger charge is 2.34. The van der Waals surface area contributed by atoms with Gasteiger partial charge in [0.25, 0.3) is 11.8 Å².